The molecule has 2 aromatic carbocycles. The summed E-state index contributed by atoms with van der Waals surface area (Å²) < 4.78 is 16.3. The predicted octanol–water partition coefficient (Wildman–Crippen LogP) is 3.54. The van der Waals surface area contributed by atoms with Crippen LogP contribution in [-0.2, 0) is 0 Å². The van der Waals surface area contributed by atoms with E-state index in [2.05, 4.69) is 15.3 Å². The first-order valence-electron chi connectivity index (χ1n) is 8.72. The van der Waals surface area contributed by atoms with Gasteiger partial charge in [0.15, 0.2) is 11.2 Å². The quantitative estimate of drug-likeness (QED) is 0.476. The summed E-state index contributed by atoms with van der Waals surface area (Å²) in [5.74, 6) is -0.362. The lowest BCUT2D eigenvalue weighted by Crippen LogP contribution is -2.20. The van der Waals surface area contributed by atoms with E-state index in [1.165, 1.54) is 16.7 Å². The molecule has 0 bridgehead atoms. The number of halogens is 1. The number of pyridine rings is 1. The summed E-state index contributed by atoms with van der Waals surface area (Å²) >= 11 is 0. The number of hydrogen-bond acceptors (Lipinski definition) is 4. The Morgan fingerprint density at radius 3 is 2.43 bits per heavy atom. The Labute approximate surface area is 158 Å². The fourth-order valence-corrected chi connectivity index (χ4v) is 3.40. The lowest BCUT2D eigenvalue weighted by Gasteiger charge is -2.07. The van der Waals surface area contributed by atoms with Crippen LogP contribution in [0.25, 0.3) is 33.5 Å². The maximum atomic E-state index is 13.2. The molecule has 136 valence electrons. The van der Waals surface area contributed by atoms with E-state index in [9.17, 15) is 9.18 Å². The molecule has 0 saturated carbocycles. The van der Waals surface area contributed by atoms with Crippen LogP contribution >= 0.6 is 0 Å². The molecule has 0 fully saturated rings. The van der Waals surface area contributed by atoms with E-state index in [0.29, 0.717) is 16.9 Å². The van der Waals surface area contributed by atoms with Crippen LogP contribution in [0.5, 0.6) is 0 Å². The number of rotatable bonds is 2. The molecule has 0 aliphatic heterocycles. The Hall–Kier alpha value is -3.87. The third-order valence-electron chi connectivity index (χ3n) is 4.72. The molecule has 3 heterocycles. The summed E-state index contributed by atoms with van der Waals surface area (Å²) in [6.07, 6.45) is 1.64. The Morgan fingerprint density at radius 2 is 1.68 bits per heavy atom. The first-order valence-corrected chi connectivity index (χ1v) is 8.72. The van der Waals surface area contributed by atoms with Gasteiger partial charge in [0.2, 0.25) is 0 Å². The van der Waals surface area contributed by atoms with Gasteiger partial charge in [0.1, 0.15) is 11.3 Å². The third-order valence-corrected chi connectivity index (χ3v) is 4.72. The van der Waals surface area contributed by atoms with Crippen molar-refractivity contribution in [3.63, 3.8) is 0 Å². The highest BCUT2D eigenvalue weighted by Gasteiger charge is 2.17. The summed E-state index contributed by atoms with van der Waals surface area (Å²) in [4.78, 5) is 12.9. The number of benzene rings is 2. The van der Waals surface area contributed by atoms with Gasteiger partial charge in [-0.1, -0.05) is 30.3 Å². The van der Waals surface area contributed by atoms with Crippen LogP contribution in [0.4, 0.5) is 4.39 Å². The third kappa shape index (κ3) is 2.40. The van der Waals surface area contributed by atoms with Gasteiger partial charge >= 0.3 is 0 Å². The van der Waals surface area contributed by atoms with Crippen LogP contribution < -0.4 is 5.56 Å². The molecule has 0 saturated heterocycles. The van der Waals surface area contributed by atoms with Crippen molar-refractivity contribution in [2.75, 3.05) is 0 Å². The van der Waals surface area contributed by atoms with Gasteiger partial charge in [-0.2, -0.15) is 5.10 Å². The Morgan fingerprint density at radius 1 is 0.929 bits per heavy atom. The van der Waals surface area contributed by atoms with E-state index in [1.54, 1.807) is 28.9 Å². The number of aryl methyl sites for hydroxylation is 1. The highest BCUT2D eigenvalue weighted by Crippen LogP contribution is 2.27. The highest BCUT2D eigenvalue weighted by molar-refractivity contribution is 5.84. The van der Waals surface area contributed by atoms with Gasteiger partial charge in [-0.15, -0.1) is 10.2 Å². The van der Waals surface area contributed by atoms with Gasteiger partial charge in [0.25, 0.3) is 5.56 Å². The molecule has 0 radical (unpaired) electrons. The molecule has 0 spiro atoms. The van der Waals surface area contributed by atoms with E-state index in [4.69, 9.17) is 0 Å². The minimum absolute atomic E-state index is 0.196. The molecular formula is C21H14FN5O. The average Bonchev–Trinajstić information content (AvgIpc) is 3.06. The number of hydrogen-bond donors (Lipinski definition) is 0. The van der Waals surface area contributed by atoms with Crippen LogP contribution in [0.1, 0.15) is 5.69 Å². The van der Waals surface area contributed by atoms with Crippen molar-refractivity contribution in [2.24, 2.45) is 0 Å². The van der Waals surface area contributed by atoms with Gasteiger partial charge in [-0.3, -0.25) is 9.36 Å². The topological polar surface area (TPSA) is 65.1 Å². The van der Waals surface area contributed by atoms with E-state index in [-0.39, 0.29) is 16.9 Å². The van der Waals surface area contributed by atoms with Crippen LogP contribution in [-0.4, -0.2) is 24.4 Å². The summed E-state index contributed by atoms with van der Waals surface area (Å²) in [7, 11) is 0. The molecule has 0 aliphatic rings. The minimum atomic E-state index is -0.362. The Balaban J connectivity index is 1.77. The lowest BCUT2D eigenvalue weighted by atomic mass is 10.1. The minimum Gasteiger partial charge on any atom is -0.282 e. The average molecular weight is 371 g/mol. The molecule has 6 nitrogen and oxygen atoms in total. The van der Waals surface area contributed by atoms with Crippen molar-refractivity contribution in [3.8, 4) is 16.8 Å². The molecule has 0 N–H and O–H groups in total. The SMILES string of the molecule is Cc1nn2c(nnc3c(=O)n(-c4ccc(F)cc4)ccc32)c1-c1ccccc1. The van der Waals surface area contributed by atoms with Gasteiger partial charge in [-0.25, -0.2) is 8.91 Å². The second-order valence-electron chi connectivity index (χ2n) is 6.46. The van der Waals surface area contributed by atoms with E-state index >= 15 is 0 Å². The second-order valence-corrected chi connectivity index (χ2v) is 6.46. The molecule has 0 unspecified atom stereocenters. The Bertz CT molecular complexity index is 1390. The van der Waals surface area contributed by atoms with Gasteiger partial charge < -0.3 is 0 Å². The zero-order chi connectivity index (χ0) is 19.3. The molecule has 5 aromatic rings. The summed E-state index contributed by atoms with van der Waals surface area (Å²) in [6.45, 7) is 1.91. The largest absolute Gasteiger partial charge is 0.285 e. The summed E-state index contributed by atoms with van der Waals surface area (Å²) in [6, 6.07) is 17.3. The molecule has 7 heteroatoms. The number of nitrogens with zero attached hydrogens (tertiary/aromatic N) is 5. The zero-order valence-corrected chi connectivity index (χ0v) is 14.9. The summed E-state index contributed by atoms with van der Waals surface area (Å²) in [5, 5.41) is 13.1. The Kier molecular flexibility index (Phi) is 3.55. The molecule has 0 aliphatic carbocycles. The van der Waals surface area contributed by atoms with E-state index in [0.717, 1.165) is 16.8 Å². The molecule has 0 atom stereocenters. The molecule has 0 amide bonds. The van der Waals surface area contributed by atoms with E-state index < -0.39 is 0 Å². The van der Waals surface area contributed by atoms with Crippen LogP contribution in [0.2, 0.25) is 0 Å². The number of fused-ring (bicyclic) bond motifs is 3. The molecular weight excluding hydrogens is 357 g/mol. The van der Waals surface area contributed by atoms with Crippen molar-refractivity contribution in [1.29, 1.82) is 0 Å². The first-order chi connectivity index (χ1) is 13.6. The highest BCUT2D eigenvalue weighted by atomic mass is 19.1. The zero-order valence-electron chi connectivity index (χ0n) is 14.9. The lowest BCUT2D eigenvalue weighted by molar-refractivity contribution is 0.627. The fraction of sp³-hybridized carbons (Fsp3) is 0.0476. The van der Waals surface area contributed by atoms with Crippen molar-refractivity contribution < 1.29 is 4.39 Å². The van der Waals surface area contributed by atoms with Crippen LogP contribution in [0.15, 0.2) is 71.7 Å². The van der Waals surface area contributed by atoms with Gasteiger partial charge in [0.05, 0.1) is 11.3 Å². The smallest absolute Gasteiger partial charge is 0.282 e. The van der Waals surface area contributed by atoms with Gasteiger partial charge in [0, 0.05) is 11.9 Å². The molecule has 3 aromatic heterocycles. The summed E-state index contributed by atoms with van der Waals surface area (Å²) in [5.41, 5.74) is 4.25. The number of aromatic nitrogens is 5. The monoisotopic (exact) mass is 371 g/mol. The van der Waals surface area contributed by atoms with Crippen molar-refractivity contribution in [2.45, 2.75) is 6.92 Å². The molecule has 28 heavy (non-hydrogen) atoms. The normalized spacial score (nSPS) is 11.4. The van der Waals surface area contributed by atoms with Crippen LogP contribution in [0.3, 0.4) is 0 Å². The fourth-order valence-electron chi connectivity index (χ4n) is 3.40. The van der Waals surface area contributed by atoms with E-state index in [1.807, 2.05) is 37.3 Å². The predicted molar refractivity (Wildman–Crippen MR) is 104 cm³/mol. The molecule has 5 rings (SSSR count). The van der Waals surface area contributed by atoms with Crippen molar-refractivity contribution >= 4 is 16.7 Å². The standard InChI is InChI=1S/C21H14FN5O/c1-13-18(14-5-3-2-4-6-14)20-24-23-19-17(27(20)25-13)11-12-26(21(19)28)16-9-7-15(22)8-10-16/h2-12H,1H3. The van der Waals surface area contributed by atoms with Crippen LogP contribution in [0, 0.1) is 12.7 Å². The second kappa shape index (κ2) is 6.09. The maximum absolute atomic E-state index is 13.2. The van der Waals surface area contributed by atoms with Gasteiger partial charge in [-0.05, 0) is 42.8 Å². The van der Waals surface area contributed by atoms with Crippen molar-refractivity contribution in [3.05, 3.63) is 88.7 Å². The first kappa shape index (κ1) is 16.3. The van der Waals surface area contributed by atoms with Crippen molar-refractivity contribution in [1.82, 2.24) is 24.4 Å². The maximum Gasteiger partial charge on any atom is 0.285 e.